The van der Waals surface area contributed by atoms with E-state index in [4.69, 9.17) is 9.73 Å². The average molecular weight is 451 g/mol. The zero-order valence-corrected chi connectivity index (χ0v) is 19.6. The van der Waals surface area contributed by atoms with Gasteiger partial charge in [-0.25, -0.2) is 5.43 Å². The smallest absolute Gasteiger partial charge is 0.157 e. The fraction of sp³-hybridized carbons (Fsp3) is 0.520. The van der Waals surface area contributed by atoms with E-state index >= 15 is 0 Å². The number of benzene rings is 1. The molecule has 2 atom stereocenters. The molecular weight excluding hydrogens is 416 g/mol. The number of nitrogens with zero attached hydrogens (tertiary/aromatic N) is 5. The highest BCUT2D eigenvalue weighted by atomic mass is 16.5. The molecule has 4 heterocycles. The molecule has 0 radical (unpaired) electrons. The second-order valence-corrected chi connectivity index (χ2v) is 9.20. The van der Waals surface area contributed by atoms with Crippen LogP contribution in [0.2, 0.25) is 0 Å². The predicted octanol–water partition coefficient (Wildman–Crippen LogP) is 1.52. The van der Waals surface area contributed by atoms with E-state index in [1.807, 2.05) is 25.4 Å². The predicted molar refractivity (Wildman–Crippen MR) is 131 cm³/mol. The van der Waals surface area contributed by atoms with Crippen molar-refractivity contribution in [1.82, 2.24) is 20.2 Å². The first-order chi connectivity index (χ1) is 16.1. The lowest BCUT2D eigenvalue weighted by Gasteiger charge is -2.45. The minimum Gasteiger partial charge on any atom is -0.495 e. The number of para-hydroxylation sites is 2. The average Bonchev–Trinajstić information content (AvgIpc) is 2.84. The molecule has 1 N–H and O–H groups in total. The first-order valence-corrected chi connectivity index (χ1v) is 11.9. The number of likely N-dealkylation sites (tertiary alicyclic amines) is 1. The van der Waals surface area contributed by atoms with Gasteiger partial charge in [-0.1, -0.05) is 18.2 Å². The molecule has 2 fully saturated rings. The Hall–Kier alpha value is -2.68. The molecule has 0 aliphatic carbocycles. The van der Waals surface area contributed by atoms with Gasteiger partial charge in [0.05, 0.1) is 25.4 Å². The van der Waals surface area contributed by atoms with Crippen LogP contribution >= 0.6 is 0 Å². The van der Waals surface area contributed by atoms with Gasteiger partial charge >= 0.3 is 0 Å². The summed E-state index contributed by atoms with van der Waals surface area (Å²) >= 11 is 0. The van der Waals surface area contributed by atoms with Crippen LogP contribution < -0.4 is 15.1 Å². The second-order valence-electron chi connectivity index (χ2n) is 9.20. The Labute approximate surface area is 196 Å². The van der Waals surface area contributed by atoms with Crippen LogP contribution in [0, 0.1) is 0 Å². The quantitative estimate of drug-likeness (QED) is 0.660. The Balaban J connectivity index is 1.17. The normalized spacial score (nSPS) is 25.9. The maximum Gasteiger partial charge on any atom is 0.157 e. The van der Waals surface area contributed by atoms with Crippen molar-refractivity contribution in [2.24, 2.45) is 4.99 Å². The van der Waals surface area contributed by atoms with Crippen LogP contribution in [0.4, 0.5) is 5.69 Å². The zero-order valence-electron chi connectivity index (χ0n) is 19.6. The number of dihydropyridines is 1. The number of hydrogen-bond donors (Lipinski definition) is 1. The van der Waals surface area contributed by atoms with Crippen molar-refractivity contribution in [2.75, 3.05) is 64.9 Å². The van der Waals surface area contributed by atoms with Crippen molar-refractivity contribution in [3.63, 3.8) is 0 Å². The summed E-state index contributed by atoms with van der Waals surface area (Å²) < 4.78 is 5.54. The number of carbonyl (C=O) groups is 1. The number of hydrogen-bond acceptors (Lipinski definition) is 8. The highest BCUT2D eigenvalue weighted by molar-refractivity contribution is 5.85. The van der Waals surface area contributed by atoms with E-state index in [0.717, 1.165) is 51.4 Å². The molecule has 33 heavy (non-hydrogen) atoms. The number of piperazine rings is 1. The Morgan fingerprint density at radius 1 is 1.18 bits per heavy atom. The number of carbonyl (C=O) groups excluding carboxylic acids is 1. The number of anilines is 1. The summed E-state index contributed by atoms with van der Waals surface area (Å²) in [5.74, 6) is 1.22. The minimum atomic E-state index is -0.0226. The summed E-state index contributed by atoms with van der Waals surface area (Å²) in [7, 11) is 3.77. The lowest BCUT2D eigenvalue weighted by molar-refractivity contribution is -0.121. The van der Waals surface area contributed by atoms with Gasteiger partial charge in [-0.3, -0.25) is 24.6 Å². The van der Waals surface area contributed by atoms with Gasteiger partial charge in [0.15, 0.2) is 11.9 Å². The molecule has 2 saturated heterocycles. The lowest BCUT2D eigenvalue weighted by Crippen LogP contribution is -2.56. The van der Waals surface area contributed by atoms with Crippen molar-refractivity contribution in [3.05, 3.63) is 47.7 Å². The fourth-order valence-corrected chi connectivity index (χ4v) is 5.47. The number of rotatable bonds is 6. The molecule has 4 aliphatic rings. The summed E-state index contributed by atoms with van der Waals surface area (Å²) in [6.45, 7) is 6.35. The molecule has 4 aliphatic heterocycles. The molecule has 176 valence electrons. The van der Waals surface area contributed by atoms with Crippen LogP contribution in [0.1, 0.15) is 12.8 Å². The number of Topliss-reactive ketones (excluding diaryl/α,β-unsaturated/α-hetero) is 1. The summed E-state index contributed by atoms with van der Waals surface area (Å²) in [4.78, 5) is 24.0. The van der Waals surface area contributed by atoms with E-state index in [1.165, 1.54) is 16.8 Å². The number of ether oxygens (including phenoxy) is 1. The van der Waals surface area contributed by atoms with E-state index < -0.39 is 0 Å². The highest BCUT2D eigenvalue weighted by Gasteiger charge is 2.40. The van der Waals surface area contributed by atoms with Gasteiger partial charge in [0.1, 0.15) is 5.75 Å². The third-order valence-corrected chi connectivity index (χ3v) is 7.03. The van der Waals surface area contributed by atoms with Crippen molar-refractivity contribution in [2.45, 2.75) is 25.0 Å². The SMILES string of the molecule is COc1ccccc1N1CCN(CCNN2C=C3CC(=O)CN(C)C3C3=CCC=NC32)CC1. The molecule has 0 saturated carbocycles. The molecule has 0 aromatic heterocycles. The van der Waals surface area contributed by atoms with Crippen LogP contribution in [-0.2, 0) is 4.79 Å². The van der Waals surface area contributed by atoms with E-state index in [1.54, 1.807) is 7.11 Å². The number of methoxy groups -OCH3 is 1. The minimum absolute atomic E-state index is 0.0226. The first kappa shape index (κ1) is 22.1. The van der Waals surface area contributed by atoms with Crippen molar-refractivity contribution in [1.29, 1.82) is 0 Å². The largest absolute Gasteiger partial charge is 0.495 e. The third kappa shape index (κ3) is 4.55. The summed E-state index contributed by atoms with van der Waals surface area (Å²) in [6.07, 6.45) is 7.78. The molecule has 0 spiro atoms. The van der Waals surface area contributed by atoms with Crippen LogP contribution in [0.5, 0.6) is 5.75 Å². The zero-order chi connectivity index (χ0) is 22.8. The van der Waals surface area contributed by atoms with Crippen LogP contribution in [0.3, 0.4) is 0 Å². The molecule has 0 amide bonds. The second kappa shape index (κ2) is 9.67. The van der Waals surface area contributed by atoms with Gasteiger partial charge in [0, 0.05) is 64.5 Å². The highest BCUT2D eigenvalue weighted by Crippen LogP contribution is 2.35. The Morgan fingerprint density at radius 2 is 2.00 bits per heavy atom. The molecule has 2 unspecified atom stereocenters. The van der Waals surface area contributed by atoms with E-state index in [0.29, 0.717) is 13.0 Å². The number of likely N-dealkylation sites (N-methyl/N-ethyl adjacent to an activating group) is 1. The number of hydrazine groups is 1. The number of aliphatic imine (C=N–C) groups is 1. The van der Waals surface area contributed by atoms with Crippen molar-refractivity contribution < 1.29 is 9.53 Å². The van der Waals surface area contributed by atoms with Gasteiger partial charge in [0.25, 0.3) is 0 Å². The Bertz CT molecular complexity index is 965. The maximum absolute atomic E-state index is 12.2. The molecule has 1 aromatic carbocycles. The van der Waals surface area contributed by atoms with E-state index in [2.05, 4.69) is 49.5 Å². The summed E-state index contributed by atoms with van der Waals surface area (Å²) in [5.41, 5.74) is 7.23. The van der Waals surface area contributed by atoms with E-state index in [9.17, 15) is 4.79 Å². The van der Waals surface area contributed by atoms with Gasteiger partial charge in [-0.05, 0) is 30.3 Å². The standard InChI is InChI=1S/C25H34N6O2/c1-28-18-20(32)16-19-17-31(25-21(24(19)28)6-5-9-26-25)27-10-11-29-12-14-30(15-13-29)22-7-3-4-8-23(22)33-2/h3-4,6-9,17,24-25,27H,5,10-16,18H2,1-2H3. The van der Waals surface area contributed by atoms with Crippen molar-refractivity contribution >= 4 is 17.7 Å². The molecule has 5 rings (SSSR count). The number of allylic oxidation sites excluding steroid dienone is 1. The van der Waals surface area contributed by atoms with Gasteiger partial charge in [0.2, 0.25) is 0 Å². The Kier molecular flexibility index (Phi) is 6.48. The molecule has 0 bridgehead atoms. The summed E-state index contributed by atoms with van der Waals surface area (Å²) in [6, 6.07) is 8.44. The monoisotopic (exact) mass is 450 g/mol. The number of piperidine rings is 1. The Morgan fingerprint density at radius 3 is 2.82 bits per heavy atom. The topological polar surface area (TPSA) is 63.7 Å². The van der Waals surface area contributed by atoms with Gasteiger partial charge in [-0.2, -0.15) is 0 Å². The van der Waals surface area contributed by atoms with Gasteiger partial charge < -0.3 is 9.64 Å². The number of fused-ring (bicyclic) bond motifs is 3. The lowest BCUT2D eigenvalue weighted by atomic mass is 9.85. The molecule has 8 nitrogen and oxygen atoms in total. The van der Waals surface area contributed by atoms with E-state index in [-0.39, 0.29) is 18.0 Å². The van der Waals surface area contributed by atoms with Crippen LogP contribution in [0.15, 0.2) is 52.7 Å². The van der Waals surface area contributed by atoms with Gasteiger partial charge in [-0.15, -0.1) is 0 Å². The van der Waals surface area contributed by atoms with Crippen LogP contribution in [-0.4, -0.2) is 99.0 Å². The van der Waals surface area contributed by atoms with Crippen LogP contribution in [0.25, 0.3) is 0 Å². The first-order valence-electron chi connectivity index (χ1n) is 11.9. The molecule has 1 aromatic rings. The maximum atomic E-state index is 12.2. The molecule has 8 heteroatoms. The fourth-order valence-electron chi connectivity index (χ4n) is 5.47. The number of nitrogens with one attached hydrogen (secondary N) is 1. The number of ketones is 1. The van der Waals surface area contributed by atoms with Crippen molar-refractivity contribution in [3.8, 4) is 5.75 Å². The third-order valence-electron chi connectivity index (χ3n) is 7.03. The molecular formula is C25H34N6O2. The summed E-state index contributed by atoms with van der Waals surface area (Å²) in [5, 5.41) is 2.12.